The first kappa shape index (κ1) is 17.9. The van der Waals surface area contributed by atoms with Crippen molar-refractivity contribution < 1.29 is 0 Å². The van der Waals surface area contributed by atoms with E-state index in [1.807, 2.05) is 13.8 Å². The summed E-state index contributed by atoms with van der Waals surface area (Å²) in [5, 5.41) is 3.31. The fraction of sp³-hybridized carbons (Fsp3) is 0.867. The van der Waals surface area contributed by atoms with Gasteiger partial charge in [0.05, 0.1) is 0 Å². The maximum absolute atomic E-state index is 4.00. The summed E-state index contributed by atoms with van der Waals surface area (Å²) in [5.41, 5.74) is 0.587. The van der Waals surface area contributed by atoms with Crippen LogP contribution in [0.25, 0.3) is 0 Å². The van der Waals surface area contributed by atoms with Crippen molar-refractivity contribution in [1.29, 1.82) is 0 Å². The largest absolute Gasteiger partial charge is 0.319 e. The molecule has 1 nitrogen and oxygen atoms in total. The van der Waals surface area contributed by atoms with E-state index in [1.54, 1.807) is 0 Å². The molecule has 0 aromatic carbocycles. The highest BCUT2D eigenvalue weighted by Crippen LogP contribution is 2.43. The van der Waals surface area contributed by atoms with Crippen molar-refractivity contribution >= 4 is 0 Å². The van der Waals surface area contributed by atoms with Gasteiger partial charge < -0.3 is 5.32 Å². The van der Waals surface area contributed by atoms with Gasteiger partial charge in [-0.25, -0.2) is 0 Å². The number of nitrogens with one attached hydrogen (secondary N) is 1. The second-order valence-electron chi connectivity index (χ2n) is 5.09. The Morgan fingerprint density at radius 3 is 2.12 bits per heavy atom. The van der Waals surface area contributed by atoms with Crippen molar-refractivity contribution in [2.24, 2.45) is 17.3 Å². The third-order valence-corrected chi connectivity index (χ3v) is 3.42. The second-order valence-corrected chi connectivity index (χ2v) is 5.09. The second kappa shape index (κ2) is 9.73. The Morgan fingerprint density at radius 1 is 1.31 bits per heavy atom. The van der Waals surface area contributed by atoms with E-state index in [1.165, 1.54) is 25.8 Å². The van der Waals surface area contributed by atoms with E-state index >= 15 is 0 Å². The standard InChI is InChI=1S/C11H23N.C2H6.C2H2/c1-9(2)10-5-6-11(3,7-10)8-12-4;2*1-2/h9-10,12H,5-8H2,1-4H3;1-2H3;1-2H. The third kappa shape index (κ3) is 6.18. The smallest absolute Gasteiger partial charge is 0.000226 e. The summed E-state index contributed by atoms with van der Waals surface area (Å²) in [7, 11) is 2.06. The van der Waals surface area contributed by atoms with Gasteiger partial charge in [0.15, 0.2) is 0 Å². The predicted molar refractivity (Wildman–Crippen MR) is 75.5 cm³/mol. The molecule has 0 aromatic rings. The van der Waals surface area contributed by atoms with Crippen molar-refractivity contribution in [3.63, 3.8) is 0 Å². The Bertz CT molecular complexity index is 172. The molecule has 1 N–H and O–H groups in total. The third-order valence-electron chi connectivity index (χ3n) is 3.42. The molecule has 2 unspecified atom stereocenters. The molecule has 0 radical (unpaired) electrons. The van der Waals surface area contributed by atoms with E-state index in [0.29, 0.717) is 5.41 Å². The first-order valence-corrected chi connectivity index (χ1v) is 6.55. The zero-order valence-electron chi connectivity index (χ0n) is 12.1. The SMILES string of the molecule is C#C.CC.CNCC1(C)CCC(C(C)C)C1. The molecule has 0 heterocycles. The molecule has 0 amide bonds. The summed E-state index contributed by atoms with van der Waals surface area (Å²) < 4.78 is 0. The highest BCUT2D eigenvalue weighted by molar-refractivity contribution is 4.87. The molecule has 1 aliphatic carbocycles. The Hall–Kier alpha value is -0.480. The molecule has 16 heavy (non-hydrogen) atoms. The lowest BCUT2D eigenvalue weighted by atomic mass is 9.85. The lowest BCUT2D eigenvalue weighted by Gasteiger charge is -2.24. The lowest BCUT2D eigenvalue weighted by Crippen LogP contribution is -2.27. The van der Waals surface area contributed by atoms with Crippen LogP contribution in [-0.4, -0.2) is 13.6 Å². The summed E-state index contributed by atoms with van der Waals surface area (Å²) >= 11 is 0. The van der Waals surface area contributed by atoms with Gasteiger partial charge in [-0.15, -0.1) is 12.8 Å². The van der Waals surface area contributed by atoms with Gasteiger partial charge in [0.2, 0.25) is 0 Å². The van der Waals surface area contributed by atoms with Crippen LogP contribution >= 0.6 is 0 Å². The van der Waals surface area contributed by atoms with Crippen molar-refractivity contribution in [2.45, 2.75) is 53.9 Å². The van der Waals surface area contributed by atoms with Crippen LogP contribution in [0.5, 0.6) is 0 Å². The van der Waals surface area contributed by atoms with Gasteiger partial charge >= 0.3 is 0 Å². The van der Waals surface area contributed by atoms with Gasteiger partial charge in [0.25, 0.3) is 0 Å². The highest BCUT2D eigenvalue weighted by Gasteiger charge is 2.35. The highest BCUT2D eigenvalue weighted by atomic mass is 14.8. The first-order valence-electron chi connectivity index (χ1n) is 6.55. The summed E-state index contributed by atoms with van der Waals surface area (Å²) in [4.78, 5) is 0. The van der Waals surface area contributed by atoms with Crippen molar-refractivity contribution in [2.75, 3.05) is 13.6 Å². The fourth-order valence-electron chi connectivity index (χ4n) is 2.53. The Labute approximate surface area is 103 Å². The molecule has 1 rings (SSSR count). The lowest BCUT2D eigenvalue weighted by molar-refractivity contribution is 0.288. The molecule has 96 valence electrons. The average molecular weight is 225 g/mol. The van der Waals surface area contributed by atoms with Crippen LogP contribution in [0.3, 0.4) is 0 Å². The maximum atomic E-state index is 4.00. The van der Waals surface area contributed by atoms with Gasteiger partial charge in [0.1, 0.15) is 0 Å². The summed E-state index contributed by atoms with van der Waals surface area (Å²) in [5.74, 6) is 1.85. The Kier molecular flexibility index (Phi) is 10.9. The zero-order chi connectivity index (χ0) is 13.2. The van der Waals surface area contributed by atoms with Crippen LogP contribution < -0.4 is 5.32 Å². The molecule has 0 spiro atoms. The first-order chi connectivity index (χ1) is 7.57. The summed E-state index contributed by atoms with van der Waals surface area (Å²) in [6.45, 7) is 12.3. The van der Waals surface area contributed by atoms with Crippen molar-refractivity contribution in [1.82, 2.24) is 5.32 Å². The van der Waals surface area contributed by atoms with E-state index in [0.717, 1.165) is 11.8 Å². The number of terminal acetylenes is 1. The van der Waals surface area contributed by atoms with Crippen molar-refractivity contribution in [3.05, 3.63) is 0 Å². The monoisotopic (exact) mass is 225 g/mol. The van der Waals surface area contributed by atoms with Crippen LogP contribution in [0.4, 0.5) is 0 Å². The fourth-order valence-corrected chi connectivity index (χ4v) is 2.53. The van der Waals surface area contributed by atoms with Crippen LogP contribution in [0, 0.1) is 30.1 Å². The van der Waals surface area contributed by atoms with Gasteiger partial charge in [0, 0.05) is 6.54 Å². The van der Waals surface area contributed by atoms with Gasteiger partial charge in [-0.1, -0.05) is 34.6 Å². The van der Waals surface area contributed by atoms with Crippen LogP contribution in [0.1, 0.15) is 53.9 Å². The molecule has 0 aromatic heterocycles. The Morgan fingerprint density at radius 2 is 1.81 bits per heavy atom. The predicted octanol–water partition coefficient (Wildman–Crippen LogP) is 3.94. The van der Waals surface area contributed by atoms with Gasteiger partial charge in [-0.05, 0) is 43.6 Å². The van der Waals surface area contributed by atoms with Crippen molar-refractivity contribution in [3.8, 4) is 12.8 Å². The molecule has 0 aliphatic heterocycles. The van der Waals surface area contributed by atoms with Crippen LogP contribution in [-0.2, 0) is 0 Å². The molecule has 1 heteroatoms. The molecule has 0 saturated heterocycles. The van der Waals surface area contributed by atoms with Crippen LogP contribution in [0.2, 0.25) is 0 Å². The molecule has 2 atom stereocenters. The van der Waals surface area contributed by atoms with E-state index in [2.05, 4.69) is 46.0 Å². The summed E-state index contributed by atoms with van der Waals surface area (Å²) in [6.07, 6.45) is 12.3. The Balaban J connectivity index is 0. The van der Waals surface area contributed by atoms with E-state index < -0.39 is 0 Å². The molecule has 0 bridgehead atoms. The zero-order valence-corrected chi connectivity index (χ0v) is 12.1. The van der Waals surface area contributed by atoms with E-state index in [-0.39, 0.29) is 0 Å². The number of hydrogen-bond donors (Lipinski definition) is 1. The molecule has 1 fully saturated rings. The number of rotatable bonds is 3. The van der Waals surface area contributed by atoms with E-state index in [9.17, 15) is 0 Å². The minimum Gasteiger partial charge on any atom is -0.319 e. The molecular weight excluding hydrogens is 194 g/mol. The van der Waals surface area contributed by atoms with Gasteiger partial charge in [-0.2, -0.15) is 0 Å². The normalized spacial score (nSPS) is 27.7. The molecule has 1 aliphatic rings. The summed E-state index contributed by atoms with van der Waals surface area (Å²) in [6, 6.07) is 0. The topological polar surface area (TPSA) is 12.0 Å². The maximum Gasteiger partial charge on any atom is 0.000226 e. The van der Waals surface area contributed by atoms with E-state index in [4.69, 9.17) is 0 Å². The minimum atomic E-state index is 0.587. The molecular formula is C15H31N. The average Bonchev–Trinajstić information content (AvgIpc) is 2.67. The quantitative estimate of drug-likeness (QED) is 0.717. The van der Waals surface area contributed by atoms with Gasteiger partial charge in [-0.3, -0.25) is 0 Å². The number of hydrogen-bond acceptors (Lipinski definition) is 1. The minimum absolute atomic E-state index is 0.587. The van der Waals surface area contributed by atoms with Crippen LogP contribution in [0.15, 0.2) is 0 Å². The molecule has 1 saturated carbocycles.